The molecule has 164 valence electrons. The fourth-order valence-electron chi connectivity index (χ4n) is 2.93. The zero-order valence-corrected chi connectivity index (χ0v) is 18.9. The van der Waals surface area contributed by atoms with Crippen LogP contribution >= 0.6 is 11.8 Å². The van der Waals surface area contributed by atoms with Crippen LogP contribution < -0.4 is 10.1 Å². The highest BCUT2D eigenvalue weighted by molar-refractivity contribution is 7.99. The highest BCUT2D eigenvalue weighted by atomic mass is 32.2. The fourth-order valence-corrected chi connectivity index (χ4v) is 3.67. The molecule has 0 fully saturated rings. The standard InChI is InChI=1S/C23H28N4O3S/c1-4-31-17(2)23-25-22(30-26-23)15-27(3)14-21(28)24-19-10-12-20(13-11-19)29-16-18-8-6-5-7-9-18/h5-13,17H,4,14-16H2,1-3H3,(H,24,28)/t17-/m0/s1. The second kappa shape index (κ2) is 11.5. The summed E-state index contributed by atoms with van der Waals surface area (Å²) in [5, 5.41) is 7.12. The maximum atomic E-state index is 12.4. The summed E-state index contributed by atoms with van der Waals surface area (Å²) in [6, 6.07) is 17.3. The molecule has 0 aliphatic heterocycles. The van der Waals surface area contributed by atoms with Gasteiger partial charge in [-0.3, -0.25) is 9.69 Å². The van der Waals surface area contributed by atoms with Crippen LogP contribution in [0.25, 0.3) is 0 Å². The summed E-state index contributed by atoms with van der Waals surface area (Å²) in [4.78, 5) is 18.6. The molecule has 2 aromatic carbocycles. The molecule has 0 saturated carbocycles. The normalized spacial score (nSPS) is 12.0. The molecular formula is C23H28N4O3S. The largest absolute Gasteiger partial charge is 0.489 e. The molecule has 0 saturated heterocycles. The Morgan fingerprint density at radius 3 is 2.65 bits per heavy atom. The number of aromatic nitrogens is 2. The smallest absolute Gasteiger partial charge is 0.240 e. The molecule has 0 unspecified atom stereocenters. The van der Waals surface area contributed by atoms with Gasteiger partial charge in [0.15, 0.2) is 5.82 Å². The van der Waals surface area contributed by atoms with Crippen molar-refractivity contribution >= 4 is 23.4 Å². The van der Waals surface area contributed by atoms with Crippen LogP contribution in [0.15, 0.2) is 59.1 Å². The number of carbonyl (C=O) groups excluding carboxylic acids is 1. The van der Waals surface area contributed by atoms with E-state index in [4.69, 9.17) is 9.26 Å². The van der Waals surface area contributed by atoms with Crippen LogP contribution in [-0.2, 0) is 17.9 Å². The summed E-state index contributed by atoms with van der Waals surface area (Å²) in [7, 11) is 1.84. The van der Waals surface area contributed by atoms with E-state index in [2.05, 4.69) is 29.3 Å². The number of thioether (sulfide) groups is 1. The Kier molecular flexibility index (Phi) is 8.49. The summed E-state index contributed by atoms with van der Waals surface area (Å²) in [6.07, 6.45) is 0. The second-order valence-corrected chi connectivity index (χ2v) is 8.78. The average molecular weight is 441 g/mol. The Balaban J connectivity index is 1.43. The van der Waals surface area contributed by atoms with Crippen LogP contribution in [0.1, 0.15) is 36.4 Å². The molecule has 1 N–H and O–H groups in total. The van der Waals surface area contributed by atoms with Gasteiger partial charge in [-0.2, -0.15) is 16.7 Å². The first-order chi connectivity index (χ1) is 15.0. The number of nitrogens with one attached hydrogen (secondary N) is 1. The van der Waals surface area contributed by atoms with E-state index in [1.807, 2.05) is 66.5 Å². The van der Waals surface area contributed by atoms with Gasteiger partial charge in [-0.25, -0.2) is 0 Å². The minimum absolute atomic E-state index is 0.116. The maximum absolute atomic E-state index is 12.4. The number of amides is 1. The van der Waals surface area contributed by atoms with Crippen molar-refractivity contribution in [1.29, 1.82) is 0 Å². The summed E-state index contributed by atoms with van der Waals surface area (Å²) in [5.41, 5.74) is 1.82. The van der Waals surface area contributed by atoms with Crippen LogP contribution in [0.2, 0.25) is 0 Å². The van der Waals surface area contributed by atoms with Crippen LogP contribution in [0.3, 0.4) is 0 Å². The minimum Gasteiger partial charge on any atom is -0.489 e. The Bertz CT molecular complexity index is 947. The van der Waals surface area contributed by atoms with E-state index in [1.165, 1.54) is 0 Å². The van der Waals surface area contributed by atoms with Crippen molar-refractivity contribution in [2.75, 3.05) is 24.7 Å². The zero-order chi connectivity index (χ0) is 22.1. The van der Waals surface area contributed by atoms with Gasteiger partial charge in [0.1, 0.15) is 12.4 Å². The Labute approximate surface area is 187 Å². The molecule has 0 spiro atoms. The van der Waals surface area contributed by atoms with E-state index in [1.54, 1.807) is 11.8 Å². The zero-order valence-electron chi connectivity index (χ0n) is 18.1. The molecule has 3 aromatic rings. The summed E-state index contributed by atoms with van der Waals surface area (Å²) >= 11 is 1.76. The lowest BCUT2D eigenvalue weighted by Crippen LogP contribution is -2.29. The summed E-state index contributed by atoms with van der Waals surface area (Å²) < 4.78 is 11.1. The van der Waals surface area contributed by atoms with Gasteiger partial charge in [0.05, 0.1) is 18.3 Å². The van der Waals surface area contributed by atoms with Crippen molar-refractivity contribution in [3.05, 3.63) is 71.9 Å². The number of hydrogen-bond acceptors (Lipinski definition) is 7. The van der Waals surface area contributed by atoms with Gasteiger partial charge in [-0.15, -0.1) is 0 Å². The minimum atomic E-state index is -0.116. The second-order valence-electron chi connectivity index (χ2n) is 7.16. The number of hydrogen-bond donors (Lipinski definition) is 1. The lowest BCUT2D eigenvalue weighted by atomic mass is 10.2. The molecule has 31 heavy (non-hydrogen) atoms. The molecule has 0 aliphatic carbocycles. The van der Waals surface area contributed by atoms with E-state index in [0.29, 0.717) is 24.9 Å². The molecule has 0 aliphatic rings. The lowest BCUT2D eigenvalue weighted by Gasteiger charge is -2.14. The molecule has 0 radical (unpaired) electrons. The molecule has 8 heteroatoms. The third kappa shape index (κ3) is 7.41. The van der Waals surface area contributed by atoms with E-state index >= 15 is 0 Å². The predicted octanol–water partition coefficient (Wildman–Crippen LogP) is 4.53. The SMILES string of the molecule is CCS[C@@H](C)c1noc(CN(C)CC(=O)Nc2ccc(OCc3ccccc3)cc2)n1. The molecule has 1 heterocycles. The van der Waals surface area contributed by atoms with Crippen LogP contribution in [-0.4, -0.2) is 40.3 Å². The van der Waals surface area contributed by atoms with Gasteiger partial charge in [-0.1, -0.05) is 42.4 Å². The molecule has 0 bridgehead atoms. The highest BCUT2D eigenvalue weighted by Gasteiger charge is 2.16. The maximum Gasteiger partial charge on any atom is 0.240 e. The Morgan fingerprint density at radius 2 is 1.94 bits per heavy atom. The van der Waals surface area contributed by atoms with E-state index in [-0.39, 0.29) is 17.7 Å². The van der Waals surface area contributed by atoms with Gasteiger partial charge in [-0.05, 0) is 49.6 Å². The average Bonchev–Trinajstić information content (AvgIpc) is 3.22. The number of carbonyl (C=O) groups is 1. The van der Waals surface area contributed by atoms with Crippen molar-refractivity contribution < 1.29 is 14.1 Å². The van der Waals surface area contributed by atoms with Crippen molar-refractivity contribution in [3.63, 3.8) is 0 Å². The quantitative estimate of drug-likeness (QED) is 0.469. The molecule has 1 aromatic heterocycles. The first kappa shape index (κ1) is 22.8. The third-order valence-electron chi connectivity index (χ3n) is 4.47. The van der Waals surface area contributed by atoms with Crippen molar-refractivity contribution in [3.8, 4) is 5.75 Å². The monoisotopic (exact) mass is 440 g/mol. The number of rotatable bonds is 11. The molecule has 7 nitrogen and oxygen atoms in total. The summed E-state index contributed by atoms with van der Waals surface area (Å²) in [5.74, 6) is 2.82. The Morgan fingerprint density at radius 1 is 1.19 bits per heavy atom. The number of anilines is 1. The highest BCUT2D eigenvalue weighted by Crippen LogP contribution is 2.25. The van der Waals surface area contributed by atoms with Crippen LogP contribution in [0, 0.1) is 0 Å². The van der Waals surface area contributed by atoms with Gasteiger partial charge >= 0.3 is 0 Å². The fraction of sp³-hybridized carbons (Fsp3) is 0.348. The predicted molar refractivity (Wildman–Crippen MR) is 123 cm³/mol. The van der Waals surface area contributed by atoms with Gasteiger partial charge in [0.25, 0.3) is 0 Å². The van der Waals surface area contributed by atoms with Crippen molar-refractivity contribution in [1.82, 2.24) is 15.0 Å². The van der Waals surface area contributed by atoms with E-state index in [9.17, 15) is 4.79 Å². The molecular weight excluding hydrogens is 412 g/mol. The number of likely N-dealkylation sites (N-methyl/N-ethyl adjacent to an activating group) is 1. The van der Waals surface area contributed by atoms with Crippen LogP contribution in [0.4, 0.5) is 5.69 Å². The lowest BCUT2D eigenvalue weighted by molar-refractivity contribution is -0.117. The van der Waals surface area contributed by atoms with Crippen molar-refractivity contribution in [2.24, 2.45) is 0 Å². The van der Waals surface area contributed by atoms with Gasteiger partial charge in [0, 0.05) is 5.69 Å². The Hall–Kier alpha value is -2.84. The first-order valence-electron chi connectivity index (χ1n) is 10.2. The van der Waals surface area contributed by atoms with Crippen molar-refractivity contribution in [2.45, 2.75) is 32.2 Å². The summed E-state index contributed by atoms with van der Waals surface area (Å²) in [6.45, 7) is 5.28. The topological polar surface area (TPSA) is 80.5 Å². The molecule has 1 atom stereocenters. The van der Waals surface area contributed by atoms with E-state index < -0.39 is 0 Å². The van der Waals surface area contributed by atoms with Gasteiger partial charge < -0.3 is 14.6 Å². The number of nitrogens with zero attached hydrogens (tertiary/aromatic N) is 3. The van der Waals surface area contributed by atoms with E-state index in [0.717, 1.165) is 22.8 Å². The molecule has 3 rings (SSSR count). The number of ether oxygens (including phenoxy) is 1. The number of benzene rings is 2. The third-order valence-corrected chi connectivity index (χ3v) is 5.51. The van der Waals surface area contributed by atoms with Gasteiger partial charge in [0.2, 0.25) is 11.8 Å². The molecule has 1 amide bonds. The first-order valence-corrected chi connectivity index (χ1v) is 11.3. The van der Waals surface area contributed by atoms with Crippen LogP contribution in [0.5, 0.6) is 5.75 Å².